The molecular formula is C64H123NO10. The third kappa shape index (κ3) is 41.1. The molecular weight excluding hydrogens is 943 g/mol. The highest BCUT2D eigenvalue weighted by molar-refractivity contribution is 5.80. The van der Waals surface area contributed by atoms with Crippen LogP contribution in [0.1, 0.15) is 323 Å². The van der Waals surface area contributed by atoms with Gasteiger partial charge in [-0.25, -0.2) is 0 Å². The van der Waals surface area contributed by atoms with Gasteiger partial charge in [-0.3, -0.25) is 9.59 Å². The van der Waals surface area contributed by atoms with Gasteiger partial charge in [0.05, 0.1) is 25.4 Å². The monoisotopic (exact) mass is 1070 g/mol. The second kappa shape index (κ2) is 53.1. The number of carbonyl (C=O) groups excluding carboxylic acids is 2. The van der Waals surface area contributed by atoms with E-state index in [1.807, 2.05) is 6.08 Å². The van der Waals surface area contributed by atoms with Gasteiger partial charge in [0.15, 0.2) is 12.4 Å². The Kier molecular flexibility index (Phi) is 50.5. The fourth-order valence-electron chi connectivity index (χ4n) is 10.5. The van der Waals surface area contributed by atoms with E-state index >= 15 is 0 Å². The van der Waals surface area contributed by atoms with Gasteiger partial charge in [0.2, 0.25) is 5.91 Å². The van der Waals surface area contributed by atoms with Gasteiger partial charge < -0.3 is 45.1 Å². The molecule has 1 aliphatic heterocycles. The van der Waals surface area contributed by atoms with Crippen LogP contribution in [0.3, 0.4) is 0 Å². The van der Waals surface area contributed by atoms with Crippen LogP contribution >= 0.6 is 0 Å². The van der Waals surface area contributed by atoms with Crippen molar-refractivity contribution in [1.29, 1.82) is 0 Å². The number of carbonyl (C=O) groups is 2. The number of ether oxygens (including phenoxy) is 3. The van der Waals surface area contributed by atoms with E-state index < -0.39 is 67.4 Å². The summed E-state index contributed by atoms with van der Waals surface area (Å²) < 4.78 is 17.6. The number of aliphatic hydroxyl groups is 5. The number of allylic oxidation sites excluding steroid dienone is 1. The molecule has 0 saturated carbocycles. The van der Waals surface area contributed by atoms with Crippen molar-refractivity contribution in [1.82, 2.24) is 5.32 Å². The van der Waals surface area contributed by atoms with Crippen LogP contribution in [0.5, 0.6) is 0 Å². The van der Waals surface area contributed by atoms with Crippen LogP contribution < -0.4 is 5.32 Å². The van der Waals surface area contributed by atoms with E-state index in [1.165, 1.54) is 218 Å². The largest absolute Gasteiger partial charge is 0.454 e. The van der Waals surface area contributed by atoms with E-state index in [4.69, 9.17) is 14.2 Å². The highest BCUT2D eigenvalue weighted by Crippen LogP contribution is 2.26. The lowest BCUT2D eigenvalue weighted by atomic mass is 9.99. The summed E-state index contributed by atoms with van der Waals surface area (Å²) in [5.41, 5.74) is 0. The predicted molar refractivity (Wildman–Crippen MR) is 311 cm³/mol. The van der Waals surface area contributed by atoms with E-state index in [0.717, 1.165) is 57.8 Å². The van der Waals surface area contributed by atoms with Crippen molar-refractivity contribution in [2.45, 2.75) is 372 Å². The molecule has 11 nitrogen and oxygen atoms in total. The maximum Gasteiger partial charge on any atom is 0.306 e. The highest BCUT2D eigenvalue weighted by Gasteiger charge is 2.47. The molecule has 0 aromatic heterocycles. The molecule has 1 heterocycles. The normalized spacial score (nSPS) is 19.2. The van der Waals surface area contributed by atoms with Crippen molar-refractivity contribution in [3.63, 3.8) is 0 Å². The minimum Gasteiger partial charge on any atom is -0.454 e. The first-order valence-electron chi connectivity index (χ1n) is 32.5. The van der Waals surface area contributed by atoms with Crippen LogP contribution in [0, 0.1) is 0 Å². The van der Waals surface area contributed by atoms with Gasteiger partial charge in [-0.1, -0.05) is 303 Å². The zero-order valence-electron chi connectivity index (χ0n) is 49.2. The molecule has 1 rings (SSSR count). The van der Waals surface area contributed by atoms with Gasteiger partial charge in [0.1, 0.15) is 24.4 Å². The summed E-state index contributed by atoms with van der Waals surface area (Å²) in [7, 11) is 0. The molecule has 444 valence electrons. The number of hydrogen-bond acceptors (Lipinski definition) is 10. The van der Waals surface area contributed by atoms with E-state index in [9.17, 15) is 35.1 Å². The Balaban J connectivity index is 2.63. The first kappa shape index (κ1) is 71.4. The molecule has 1 fully saturated rings. The summed E-state index contributed by atoms with van der Waals surface area (Å²) in [5, 5.41) is 57.0. The summed E-state index contributed by atoms with van der Waals surface area (Å²) in [6, 6.07) is -1.02. The molecule has 8 atom stereocenters. The quantitative estimate of drug-likeness (QED) is 0.0195. The minimum absolute atomic E-state index is 0.131. The third-order valence-corrected chi connectivity index (χ3v) is 15.7. The minimum atomic E-state index is -1.61. The topological polar surface area (TPSA) is 175 Å². The first-order valence-corrected chi connectivity index (χ1v) is 32.5. The number of nitrogens with one attached hydrogen (secondary N) is 1. The molecule has 1 saturated heterocycles. The molecule has 11 heteroatoms. The lowest BCUT2D eigenvalue weighted by Crippen LogP contribution is -2.61. The Hall–Kier alpha value is -1.60. The van der Waals surface area contributed by atoms with Crippen molar-refractivity contribution < 1.29 is 49.3 Å². The zero-order chi connectivity index (χ0) is 54.7. The van der Waals surface area contributed by atoms with Crippen molar-refractivity contribution >= 4 is 11.9 Å². The van der Waals surface area contributed by atoms with Crippen LogP contribution in [-0.2, 0) is 23.8 Å². The van der Waals surface area contributed by atoms with Gasteiger partial charge in [0.25, 0.3) is 0 Å². The maximum atomic E-state index is 13.4. The standard InChI is InChI=1S/C64H123NO10/c1-4-7-10-13-16-19-22-25-27-28-29-30-31-32-33-36-39-42-45-48-51-57(68)63(72)65-55(56(67)50-47-44-41-38-35-24-21-18-15-12-9-6-3)54-73-64-62(61(71)60(70)58(53-66)74-64)75-59(69)52-49-46-43-40-37-34-26-23-20-17-14-11-8-5-2/h47,50,55-58,60-62,64,66-68,70-71H,4-46,48-49,51-54H2,1-3H3,(H,65,72)/b50-47+. The number of esters is 1. The van der Waals surface area contributed by atoms with Gasteiger partial charge >= 0.3 is 5.97 Å². The molecule has 8 unspecified atom stereocenters. The number of aliphatic hydroxyl groups excluding tert-OH is 5. The SMILES string of the molecule is CCCCCCCCCCCC/C=C/C(O)C(COC1OC(CO)C(O)C(O)C1OC(=O)CCCCCCCCCCCCCCCC)NC(=O)C(O)CCCCCCCCCCCCCCCCCCCCCC. The van der Waals surface area contributed by atoms with E-state index in [2.05, 4.69) is 26.1 Å². The summed E-state index contributed by atoms with van der Waals surface area (Å²) in [6.45, 7) is 5.83. The molecule has 0 radical (unpaired) electrons. The highest BCUT2D eigenvalue weighted by atomic mass is 16.7. The molecule has 1 aliphatic rings. The molecule has 0 aromatic rings. The van der Waals surface area contributed by atoms with Gasteiger partial charge in [-0.15, -0.1) is 0 Å². The maximum absolute atomic E-state index is 13.4. The Morgan fingerprint density at radius 3 is 1.25 bits per heavy atom. The smallest absolute Gasteiger partial charge is 0.306 e. The van der Waals surface area contributed by atoms with E-state index in [0.29, 0.717) is 19.3 Å². The van der Waals surface area contributed by atoms with E-state index in [1.54, 1.807) is 6.08 Å². The Morgan fingerprint density at radius 2 is 0.867 bits per heavy atom. The molecule has 0 aromatic carbocycles. The summed E-state index contributed by atoms with van der Waals surface area (Å²) in [5.74, 6) is -1.18. The molecule has 6 N–H and O–H groups in total. The Bertz CT molecular complexity index is 1270. The predicted octanol–water partition coefficient (Wildman–Crippen LogP) is 15.5. The molecule has 75 heavy (non-hydrogen) atoms. The molecule has 1 amide bonds. The first-order chi connectivity index (χ1) is 36.7. The Morgan fingerprint density at radius 1 is 0.507 bits per heavy atom. The fraction of sp³-hybridized carbons (Fsp3) is 0.938. The van der Waals surface area contributed by atoms with Crippen LogP contribution in [-0.4, -0.2) is 99.6 Å². The van der Waals surface area contributed by atoms with Gasteiger partial charge in [0, 0.05) is 6.42 Å². The van der Waals surface area contributed by atoms with Crippen molar-refractivity contribution in [3.05, 3.63) is 12.2 Å². The third-order valence-electron chi connectivity index (χ3n) is 15.7. The number of rotatable bonds is 56. The van der Waals surface area contributed by atoms with Crippen LogP contribution in [0.25, 0.3) is 0 Å². The second-order valence-corrected chi connectivity index (χ2v) is 22.9. The molecule has 0 aliphatic carbocycles. The van der Waals surface area contributed by atoms with Gasteiger partial charge in [-0.2, -0.15) is 0 Å². The van der Waals surface area contributed by atoms with Crippen molar-refractivity contribution in [2.24, 2.45) is 0 Å². The Labute approximate surface area is 461 Å². The van der Waals surface area contributed by atoms with Crippen molar-refractivity contribution in [3.8, 4) is 0 Å². The van der Waals surface area contributed by atoms with E-state index in [-0.39, 0.29) is 13.0 Å². The lowest BCUT2D eigenvalue weighted by molar-refractivity contribution is -0.305. The molecule has 0 spiro atoms. The summed E-state index contributed by atoms with van der Waals surface area (Å²) in [4.78, 5) is 26.5. The van der Waals surface area contributed by atoms with Gasteiger partial charge in [-0.05, 0) is 25.7 Å². The molecule has 0 bridgehead atoms. The van der Waals surface area contributed by atoms with Crippen LogP contribution in [0.4, 0.5) is 0 Å². The lowest BCUT2D eigenvalue weighted by Gasteiger charge is -2.41. The number of unbranched alkanes of at least 4 members (excludes halogenated alkanes) is 42. The summed E-state index contributed by atoms with van der Waals surface area (Å²) >= 11 is 0. The second-order valence-electron chi connectivity index (χ2n) is 22.9. The van der Waals surface area contributed by atoms with Crippen LogP contribution in [0.2, 0.25) is 0 Å². The average molecular weight is 1070 g/mol. The number of hydrogen-bond donors (Lipinski definition) is 6. The fourth-order valence-corrected chi connectivity index (χ4v) is 10.5. The van der Waals surface area contributed by atoms with Crippen LogP contribution in [0.15, 0.2) is 12.2 Å². The summed E-state index contributed by atoms with van der Waals surface area (Å²) in [6.07, 6.45) is 49.7. The number of amides is 1. The zero-order valence-corrected chi connectivity index (χ0v) is 49.2. The average Bonchev–Trinajstić information content (AvgIpc) is 3.41. The van der Waals surface area contributed by atoms with Crippen molar-refractivity contribution in [2.75, 3.05) is 13.2 Å².